The van der Waals surface area contributed by atoms with Gasteiger partial charge in [0.1, 0.15) is 6.10 Å². The lowest BCUT2D eigenvalue weighted by Crippen LogP contribution is -2.48. The van der Waals surface area contributed by atoms with E-state index < -0.39 is 0 Å². The van der Waals surface area contributed by atoms with Gasteiger partial charge in [0.2, 0.25) is 0 Å². The molecule has 2 unspecified atom stereocenters. The molecule has 1 aromatic heterocycles. The maximum absolute atomic E-state index is 5.94. The minimum absolute atomic E-state index is 0.0638. The second-order valence-corrected chi connectivity index (χ2v) is 6.60. The Kier molecular flexibility index (Phi) is 5.91. The number of morpholine rings is 1. The number of aromatic nitrogens is 2. The van der Waals surface area contributed by atoms with E-state index in [4.69, 9.17) is 9.73 Å². The van der Waals surface area contributed by atoms with Gasteiger partial charge in [-0.05, 0) is 32.1 Å². The van der Waals surface area contributed by atoms with Crippen LogP contribution in [0.3, 0.4) is 0 Å². The van der Waals surface area contributed by atoms with Gasteiger partial charge in [0, 0.05) is 38.4 Å². The van der Waals surface area contributed by atoms with Crippen LogP contribution in [0.25, 0.3) is 0 Å². The van der Waals surface area contributed by atoms with E-state index in [2.05, 4.69) is 34.4 Å². The number of hydrogen-bond acceptors (Lipinski definition) is 3. The summed E-state index contributed by atoms with van der Waals surface area (Å²) in [5.41, 5.74) is 1.13. The lowest BCUT2D eigenvalue weighted by Gasteiger charge is -2.35. The summed E-state index contributed by atoms with van der Waals surface area (Å²) in [5, 5.41) is 7.71. The van der Waals surface area contributed by atoms with E-state index in [1.165, 1.54) is 12.8 Å². The monoisotopic (exact) mass is 331 g/mol. The molecule has 132 valence electrons. The Bertz CT molecular complexity index is 580. The SMILES string of the molecule is CCNC(=NCC1CC=CCC1)N1CCOC(c2cnn(C)c2)C1. The van der Waals surface area contributed by atoms with Crippen LogP contribution >= 0.6 is 0 Å². The Hall–Kier alpha value is -1.82. The minimum atomic E-state index is 0.0638. The van der Waals surface area contributed by atoms with Crippen molar-refractivity contribution in [1.82, 2.24) is 20.0 Å². The molecule has 0 aromatic carbocycles. The quantitative estimate of drug-likeness (QED) is 0.522. The molecule has 1 aliphatic heterocycles. The van der Waals surface area contributed by atoms with Crippen LogP contribution in [0.4, 0.5) is 0 Å². The number of allylic oxidation sites excluding steroid dienone is 2. The maximum atomic E-state index is 5.94. The van der Waals surface area contributed by atoms with Gasteiger partial charge in [-0.3, -0.25) is 9.67 Å². The number of aryl methyl sites for hydroxylation is 1. The van der Waals surface area contributed by atoms with Crippen molar-refractivity contribution >= 4 is 5.96 Å². The second-order valence-electron chi connectivity index (χ2n) is 6.60. The van der Waals surface area contributed by atoms with E-state index in [1.807, 2.05) is 24.1 Å². The molecule has 1 aromatic rings. The average Bonchev–Trinajstić information content (AvgIpc) is 3.06. The van der Waals surface area contributed by atoms with Crippen molar-refractivity contribution in [3.63, 3.8) is 0 Å². The minimum Gasteiger partial charge on any atom is -0.370 e. The summed E-state index contributed by atoms with van der Waals surface area (Å²) in [5.74, 6) is 1.70. The summed E-state index contributed by atoms with van der Waals surface area (Å²) >= 11 is 0. The summed E-state index contributed by atoms with van der Waals surface area (Å²) in [6.07, 6.45) is 12.2. The third-order valence-electron chi connectivity index (χ3n) is 4.67. The lowest BCUT2D eigenvalue weighted by molar-refractivity contribution is -0.00806. The van der Waals surface area contributed by atoms with Gasteiger partial charge in [0.05, 0.1) is 19.3 Å². The molecule has 2 atom stereocenters. The zero-order valence-electron chi connectivity index (χ0n) is 14.8. The number of aliphatic imine (C=N–C) groups is 1. The van der Waals surface area contributed by atoms with Crippen molar-refractivity contribution in [2.45, 2.75) is 32.3 Å². The van der Waals surface area contributed by atoms with Crippen LogP contribution < -0.4 is 5.32 Å². The van der Waals surface area contributed by atoms with E-state index in [0.29, 0.717) is 5.92 Å². The van der Waals surface area contributed by atoms with E-state index in [1.54, 1.807) is 0 Å². The van der Waals surface area contributed by atoms with Crippen LogP contribution in [0.1, 0.15) is 37.9 Å². The third-order valence-corrected chi connectivity index (χ3v) is 4.67. The van der Waals surface area contributed by atoms with Crippen molar-refractivity contribution in [1.29, 1.82) is 0 Å². The number of rotatable bonds is 4. The van der Waals surface area contributed by atoms with Crippen LogP contribution in [0.15, 0.2) is 29.5 Å². The van der Waals surface area contributed by atoms with Crippen molar-refractivity contribution in [2.24, 2.45) is 18.0 Å². The van der Waals surface area contributed by atoms with Gasteiger partial charge in [0.25, 0.3) is 0 Å². The lowest BCUT2D eigenvalue weighted by atomic mass is 9.95. The topological polar surface area (TPSA) is 54.7 Å². The molecule has 0 spiro atoms. The van der Waals surface area contributed by atoms with Gasteiger partial charge in [0.15, 0.2) is 5.96 Å². The molecule has 0 radical (unpaired) electrons. The third kappa shape index (κ3) is 4.38. The Balaban J connectivity index is 1.64. The van der Waals surface area contributed by atoms with Gasteiger partial charge in [-0.25, -0.2) is 0 Å². The van der Waals surface area contributed by atoms with Gasteiger partial charge in [-0.2, -0.15) is 5.10 Å². The van der Waals surface area contributed by atoms with Crippen LogP contribution in [0.2, 0.25) is 0 Å². The molecule has 6 heteroatoms. The van der Waals surface area contributed by atoms with Gasteiger partial charge >= 0.3 is 0 Å². The van der Waals surface area contributed by atoms with Crippen molar-refractivity contribution in [3.8, 4) is 0 Å². The molecule has 1 saturated heterocycles. The molecule has 1 aliphatic carbocycles. The first-order valence-electron chi connectivity index (χ1n) is 9.04. The smallest absolute Gasteiger partial charge is 0.194 e. The Morgan fingerprint density at radius 1 is 1.46 bits per heavy atom. The van der Waals surface area contributed by atoms with Crippen LogP contribution in [0, 0.1) is 5.92 Å². The van der Waals surface area contributed by atoms with Gasteiger partial charge < -0.3 is 15.0 Å². The first-order valence-corrected chi connectivity index (χ1v) is 9.04. The number of hydrogen-bond donors (Lipinski definition) is 1. The van der Waals surface area contributed by atoms with Crippen LogP contribution in [-0.2, 0) is 11.8 Å². The summed E-state index contributed by atoms with van der Waals surface area (Å²) in [6, 6.07) is 0. The molecule has 2 aliphatic rings. The fourth-order valence-electron chi connectivity index (χ4n) is 3.31. The van der Waals surface area contributed by atoms with E-state index in [-0.39, 0.29) is 6.10 Å². The molecule has 3 rings (SSSR count). The highest BCUT2D eigenvalue weighted by Crippen LogP contribution is 2.22. The Morgan fingerprint density at radius 2 is 2.38 bits per heavy atom. The standard InChI is InChI=1S/C18H29N5O/c1-3-19-18(20-11-15-7-5-4-6-8-15)23-9-10-24-17(14-23)16-12-21-22(2)13-16/h4-5,12-13,15,17H,3,6-11,14H2,1-2H3,(H,19,20). The molecule has 6 nitrogen and oxygen atoms in total. The Labute approximate surface area is 144 Å². The average molecular weight is 331 g/mol. The van der Waals surface area contributed by atoms with E-state index in [0.717, 1.165) is 50.7 Å². The number of nitrogens with zero attached hydrogens (tertiary/aromatic N) is 4. The van der Waals surface area contributed by atoms with Crippen LogP contribution in [-0.4, -0.2) is 53.4 Å². The number of ether oxygens (including phenoxy) is 1. The van der Waals surface area contributed by atoms with Gasteiger partial charge in [-0.15, -0.1) is 0 Å². The van der Waals surface area contributed by atoms with Crippen molar-refractivity contribution in [3.05, 3.63) is 30.1 Å². The van der Waals surface area contributed by atoms with E-state index in [9.17, 15) is 0 Å². The first-order chi connectivity index (χ1) is 11.8. The molecular formula is C18H29N5O. The normalized spacial score (nSPS) is 25.1. The highest BCUT2D eigenvalue weighted by molar-refractivity contribution is 5.80. The summed E-state index contributed by atoms with van der Waals surface area (Å²) in [6.45, 7) is 6.34. The summed E-state index contributed by atoms with van der Waals surface area (Å²) in [4.78, 5) is 7.24. The second kappa shape index (κ2) is 8.33. The highest BCUT2D eigenvalue weighted by Gasteiger charge is 2.25. The zero-order chi connectivity index (χ0) is 16.8. The fourth-order valence-corrected chi connectivity index (χ4v) is 3.31. The predicted octanol–water partition coefficient (Wildman–Crippen LogP) is 2.12. The molecule has 0 amide bonds. The highest BCUT2D eigenvalue weighted by atomic mass is 16.5. The molecule has 1 N–H and O–H groups in total. The number of guanidine groups is 1. The maximum Gasteiger partial charge on any atom is 0.194 e. The number of nitrogens with one attached hydrogen (secondary N) is 1. The molecule has 24 heavy (non-hydrogen) atoms. The fraction of sp³-hybridized carbons (Fsp3) is 0.667. The van der Waals surface area contributed by atoms with E-state index >= 15 is 0 Å². The summed E-state index contributed by atoms with van der Waals surface area (Å²) < 4.78 is 7.77. The van der Waals surface area contributed by atoms with Gasteiger partial charge in [-0.1, -0.05) is 12.2 Å². The predicted molar refractivity (Wildman–Crippen MR) is 95.9 cm³/mol. The molecule has 0 bridgehead atoms. The molecule has 0 saturated carbocycles. The summed E-state index contributed by atoms with van der Waals surface area (Å²) in [7, 11) is 1.94. The van der Waals surface area contributed by atoms with Crippen molar-refractivity contribution < 1.29 is 4.74 Å². The zero-order valence-corrected chi connectivity index (χ0v) is 14.8. The van der Waals surface area contributed by atoms with Crippen LogP contribution in [0.5, 0.6) is 0 Å². The molecular weight excluding hydrogens is 302 g/mol. The van der Waals surface area contributed by atoms with Crippen molar-refractivity contribution in [2.75, 3.05) is 32.8 Å². The Morgan fingerprint density at radius 3 is 3.08 bits per heavy atom. The molecule has 1 fully saturated rings. The largest absolute Gasteiger partial charge is 0.370 e. The first kappa shape index (κ1) is 17.0. The molecule has 2 heterocycles.